The van der Waals surface area contributed by atoms with Gasteiger partial charge in [-0.15, -0.1) is 0 Å². The molecular formula is C18H20FN3O3. The molecule has 7 heteroatoms. The molecule has 1 atom stereocenters. The van der Waals surface area contributed by atoms with E-state index in [4.69, 9.17) is 0 Å². The van der Waals surface area contributed by atoms with E-state index in [2.05, 4.69) is 5.32 Å². The van der Waals surface area contributed by atoms with Crippen LogP contribution in [0, 0.1) is 5.82 Å². The summed E-state index contributed by atoms with van der Waals surface area (Å²) in [5, 5.41) is 12.0. The zero-order valence-corrected chi connectivity index (χ0v) is 13.7. The number of amides is 2. The molecule has 0 radical (unpaired) electrons. The average molecular weight is 345 g/mol. The van der Waals surface area contributed by atoms with Crippen molar-refractivity contribution in [1.82, 2.24) is 9.47 Å². The van der Waals surface area contributed by atoms with Gasteiger partial charge in [0.15, 0.2) is 0 Å². The van der Waals surface area contributed by atoms with E-state index in [1.54, 1.807) is 35.4 Å². The number of hydrogen-bond donors (Lipinski definition) is 2. The van der Waals surface area contributed by atoms with E-state index in [9.17, 15) is 19.1 Å². The molecule has 3 rings (SSSR count). The van der Waals surface area contributed by atoms with Crippen molar-refractivity contribution in [2.75, 3.05) is 18.5 Å². The summed E-state index contributed by atoms with van der Waals surface area (Å²) in [5.41, 5.74) is 0.630. The van der Waals surface area contributed by atoms with Crippen LogP contribution in [0.2, 0.25) is 0 Å². The molecule has 0 saturated carbocycles. The molecule has 1 aromatic heterocycles. The molecule has 6 nitrogen and oxygen atoms in total. The van der Waals surface area contributed by atoms with E-state index in [0.717, 1.165) is 18.4 Å². The molecule has 2 heterocycles. The first-order chi connectivity index (χ1) is 12.1. The second-order valence-electron chi connectivity index (χ2n) is 6.08. The third kappa shape index (κ3) is 3.88. The van der Waals surface area contributed by atoms with Gasteiger partial charge in [0.05, 0.1) is 19.2 Å². The molecule has 0 bridgehead atoms. The molecule has 132 valence electrons. The monoisotopic (exact) mass is 345 g/mol. The maximum absolute atomic E-state index is 13.0. The maximum atomic E-state index is 13.0. The lowest BCUT2D eigenvalue weighted by Crippen LogP contribution is -2.41. The molecule has 1 fully saturated rings. The summed E-state index contributed by atoms with van der Waals surface area (Å²) < 4.78 is 14.4. The van der Waals surface area contributed by atoms with Crippen molar-refractivity contribution in [2.24, 2.45) is 0 Å². The van der Waals surface area contributed by atoms with Gasteiger partial charge < -0.3 is 19.9 Å². The first-order valence-electron chi connectivity index (χ1n) is 8.21. The fourth-order valence-corrected chi connectivity index (χ4v) is 3.02. The number of nitrogens with zero attached hydrogens (tertiary/aromatic N) is 2. The molecule has 1 aliphatic heterocycles. The summed E-state index contributed by atoms with van der Waals surface area (Å²) in [5.74, 6) is -0.332. The van der Waals surface area contributed by atoms with Gasteiger partial charge in [-0.3, -0.25) is 4.79 Å². The molecule has 1 aliphatic rings. The van der Waals surface area contributed by atoms with E-state index < -0.39 is 0 Å². The summed E-state index contributed by atoms with van der Waals surface area (Å²) in [6.07, 6.45) is 3.21. The lowest BCUT2D eigenvalue weighted by molar-refractivity contribution is 0.166. The van der Waals surface area contributed by atoms with Gasteiger partial charge in [0.2, 0.25) is 0 Å². The normalized spacial score (nSPS) is 16.9. The minimum Gasteiger partial charge on any atom is -0.394 e. The first kappa shape index (κ1) is 17.2. The van der Waals surface area contributed by atoms with Gasteiger partial charge >= 0.3 is 6.03 Å². The number of benzene rings is 1. The number of carbonyl (C=O) groups excluding carboxylic acids is 1. The first-order valence-corrected chi connectivity index (χ1v) is 8.21. The van der Waals surface area contributed by atoms with Crippen molar-refractivity contribution in [1.29, 1.82) is 0 Å². The fourth-order valence-electron chi connectivity index (χ4n) is 3.02. The lowest BCUT2D eigenvalue weighted by atomic mass is 10.2. The minimum atomic E-state index is -0.381. The van der Waals surface area contributed by atoms with Crippen LogP contribution in [-0.4, -0.2) is 39.8 Å². The summed E-state index contributed by atoms with van der Waals surface area (Å²) in [6, 6.07) is 8.55. The highest BCUT2D eigenvalue weighted by atomic mass is 19.1. The fraction of sp³-hybridized carbons (Fsp3) is 0.333. The number of aliphatic hydroxyl groups is 1. The standard InChI is InChI=1S/C18H20FN3O3/c19-14-7-5-13(6-8-14)11-21-9-2-4-16(17(21)24)20-18(25)22-10-1-3-15(22)12-23/h2,4-9,15,23H,1,3,10-12H2,(H,20,25)/t15-/m1/s1. The van der Waals surface area contributed by atoms with E-state index in [1.165, 1.54) is 16.7 Å². The molecule has 0 spiro atoms. The van der Waals surface area contributed by atoms with Crippen molar-refractivity contribution in [3.8, 4) is 0 Å². The largest absolute Gasteiger partial charge is 0.394 e. The van der Waals surface area contributed by atoms with E-state index >= 15 is 0 Å². The molecule has 1 saturated heterocycles. The van der Waals surface area contributed by atoms with Crippen LogP contribution in [0.4, 0.5) is 14.9 Å². The van der Waals surface area contributed by atoms with Crippen LogP contribution in [0.1, 0.15) is 18.4 Å². The molecule has 25 heavy (non-hydrogen) atoms. The zero-order valence-electron chi connectivity index (χ0n) is 13.7. The van der Waals surface area contributed by atoms with E-state index in [1.807, 2.05) is 0 Å². The smallest absolute Gasteiger partial charge is 0.322 e. The quantitative estimate of drug-likeness (QED) is 0.890. The molecule has 2 N–H and O–H groups in total. The van der Waals surface area contributed by atoms with Gasteiger partial charge in [0, 0.05) is 12.7 Å². The van der Waals surface area contributed by atoms with Gasteiger partial charge in [-0.1, -0.05) is 12.1 Å². The molecule has 0 aliphatic carbocycles. The van der Waals surface area contributed by atoms with Crippen LogP contribution in [0.15, 0.2) is 47.4 Å². The van der Waals surface area contributed by atoms with Gasteiger partial charge in [-0.2, -0.15) is 0 Å². The number of aromatic nitrogens is 1. The number of anilines is 1. The Hall–Kier alpha value is -2.67. The van der Waals surface area contributed by atoms with Gasteiger partial charge in [-0.05, 0) is 42.7 Å². The van der Waals surface area contributed by atoms with Crippen LogP contribution in [-0.2, 0) is 6.54 Å². The van der Waals surface area contributed by atoms with Crippen LogP contribution in [0.25, 0.3) is 0 Å². The Morgan fingerprint density at radius 1 is 1.28 bits per heavy atom. The van der Waals surface area contributed by atoms with Gasteiger partial charge in [0.25, 0.3) is 5.56 Å². The van der Waals surface area contributed by atoms with Crippen molar-refractivity contribution in [2.45, 2.75) is 25.4 Å². The molecule has 2 aromatic rings. The van der Waals surface area contributed by atoms with Crippen LogP contribution in [0.5, 0.6) is 0 Å². The number of nitrogens with one attached hydrogen (secondary N) is 1. The highest BCUT2D eigenvalue weighted by Crippen LogP contribution is 2.17. The Labute approximate surface area is 144 Å². The lowest BCUT2D eigenvalue weighted by Gasteiger charge is -2.23. The number of hydrogen-bond acceptors (Lipinski definition) is 3. The van der Waals surface area contributed by atoms with E-state index in [-0.39, 0.29) is 42.3 Å². The Morgan fingerprint density at radius 3 is 2.76 bits per heavy atom. The predicted molar refractivity (Wildman–Crippen MR) is 92.0 cm³/mol. The Morgan fingerprint density at radius 2 is 2.04 bits per heavy atom. The Bertz CT molecular complexity index is 804. The third-order valence-electron chi connectivity index (χ3n) is 4.38. The number of halogens is 1. The van der Waals surface area contributed by atoms with Crippen molar-refractivity contribution in [3.63, 3.8) is 0 Å². The number of aliphatic hydroxyl groups excluding tert-OH is 1. The van der Waals surface area contributed by atoms with Crippen LogP contribution < -0.4 is 10.9 Å². The Balaban J connectivity index is 1.75. The SMILES string of the molecule is O=C(Nc1cccn(Cc2ccc(F)cc2)c1=O)N1CCC[C@@H]1CO. The highest BCUT2D eigenvalue weighted by Gasteiger charge is 2.28. The van der Waals surface area contributed by atoms with Crippen LogP contribution >= 0.6 is 0 Å². The summed E-state index contributed by atoms with van der Waals surface area (Å²) in [4.78, 5) is 26.5. The van der Waals surface area contributed by atoms with Gasteiger partial charge in [-0.25, -0.2) is 9.18 Å². The second kappa shape index (κ2) is 7.48. The second-order valence-corrected chi connectivity index (χ2v) is 6.08. The van der Waals surface area contributed by atoms with Gasteiger partial charge in [0.1, 0.15) is 11.5 Å². The average Bonchev–Trinajstić information content (AvgIpc) is 3.09. The van der Waals surface area contributed by atoms with Crippen LogP contribution in [0.3, 0.4) is 0 Å². The van der Waals surface area contributed by atoms with Crippen molar-refractivity contribution < 1.29 is 14.3 Å². The number of pyridine rings is 1. The third-order valence-corrected chi connectivity index (χ3v) is 4.38. The molecule has 0 unspecified atom stereocenters. The molecule has 1 aromatic carbocycles. The zero-order chi connectivity index (χ0) is 17.8. The topological polar surface area (TPSA) is 74.6 Å². The predicted octanol–water partition coefficient (Wildman–Crippen LogP) is 2.02. The summed E-state index contributed by atoms with van der Waals surface area (Å²) >= 11 is 0. The number of likely N-dealkylation sites (tertiary alicyclic amines) is 1. The maximum Gasteiger partial charge on any atom is 0.322 e. The van der Waals surface area contributed by atoms with Crippen molar-refractivity contribution in [3.05, 3.63) is 64.3 Å². The number of carbonyl (C=O) groups is 1. The Kier molecular flexibility index (Phi) is 5.14. The summed E-state index contributed by atoms with van der Waals surface area (Å²) in [7, 11) is 0. The molecular weight excluding hydrogens is 325 g/mol. The number of urea groups is 1. The molecule has 2 amide bonds. The van der Waals surface area contributed by atoms with E-state index in [0.29, 0.717) is 6.54 Å². The van der Waals surface area contributed by atoms with Crippen molar-refractivity contribution >= 4 is 11.7 Å². The minimum absolute atomic E-state index is 0.0863. The number of rotatable bonds is 4. The highest BCUT2D eigenvalue weighted by molar-refractivity contribution is 5.89. The summed E-state index contributed by atoms with van der Waals surface area (Å²) in [6.45, 7) is 0.760.